The highest BCUT2D eigenvalue weighted by Crippen LogP contribution is 2.38. The van der Waals surface area contributed by atoms with Crippen LogP contribution < -0.4 is 14.5 Å². The number of amides is 2. The molecule has 10 nitrogen and oxygen atoms in total. The van der Waals surface area contributed by atoms with E-state index in [1.54, 1.807) is 0 Å². The van der Waals surface area contributed by atoms with Gasteiger partial charge in [-0.1, -0.05) is 12.2 Å². The molecule has 1 aliphatic carbocycles. The third kappa shape index (κ3) is 7.29. The number of rotatable bonds is 11. The predicted molar refractivity (Wildman–Crippen MR) is 179 cm³/mol. The van der Waals surface area contributed by atoms with Crippen molar-refractivity contribution in [2.24, 2.45) is 16.9 Å². The Balaban J connectivity index is 1.12. The molecule has 0 bridgehead atoms. The van der Waals surface area contributed by atoms with Crippen LogP contribution in [0.15, 0.2) is 59.7 Å². The van der Waals surface area contributed by atoms with E-state index >= 15 is 0 Å². The Morgan fingerprint density at radius 2 is 1.48 bits per heavy atom. The van der Waals surface area contributed by atoms with E-state index in [1.807, 2.05) is 61.2 Å². The molecule has 10 heteroatoms. The summed E-state index contributed by atoms with van der Waals surface area (Å²) in [5, 5.41) is 6.48. The van der Waals surface area contributed by atoms with Gasteiger partial charge in [-0.05, 0) is 88.7 Å². The number of hydrazone groups is 1. The molecule has 2 fully saturated rings. The Morgan fingerprint density at radius 1 is 0.826 bits per heavy atom. The van der Waals surface area contributed by atoms with Crippen molar-refractivity contribution in [3.05, 3.63) is 65.7 Å². The van der Waals surface area contributed by atoms with Crippen LogP contribution in [-0.2, 0) is 9.53 Å². The van der Waals surface area contributed by atoms with Crippen LogP contribution in [0, 0.1) is 11.8 Å². The average Bonchev–Trinajstić information content (AvgIpc) is 3.10. The zero-order valence-corrected chi connectivity index (χ0v) is 27.2. The summed E-state index contributed by atoms with van der Waals surface area (Å²) in [6.07, 6.45) is 6.80. The lowest BCUT2D eigenvalue weighted by atomic mass is 9.76. The molecule has 0 aromatic heterocycles. The summed E-state index contributed by atoms with van der Waals surface area (Å²) in [6, 6.07) is 13.2. The lowest BCUT2D eigenvalue weighted by molar-refractivity contribution is -0.123. The molecule has 3 aliphatic heterocycles. The van der Waals surface area contributed by atoms with Crippen molar-refractivity contribution in [1.29, 1.82) is 0 Å². The van der Waals surface area contributed by atoms with Gasteiger partial charge in [-0.25, -0.2) is 5.01 Å². The molecule has 0 radical (unpaired) electrons. The molecular formula is C36H47N5O5. The molecule has 0 saturated carbocycles. The average molecular weight is 630 g/mol. The van der Waals surface area contributed by atoms with Crippen molar-refractivity contribution < 1.29 is 23.8 Å². The van der Waals surface area contributed by atoms with Gasteiger partial charge in [0.05, 0.1) is 43.7 Å². The molecular weight excluding hydrogens is 582 g/mol. The van der Waals surface area contributed by atoms with Crippen LogP contribution in [0.2, 0.25) is 0 Å². The van der Waals surface area contributed by atoms with E-state index in [0.717, 1.165) is 89.7 Å². The minimum Gasteiger partial charge on any atom is -0.490 e. The first kappa shape index (κ1) is 32.2. The Bertz CT molecular complexity index is 1410. The van der Waals surface area contributed by atoms with Crippen LogP contribution in [0.5, 0.6) is 11.5 Å². The molecule has 2 saturated heterocycles. The molecule has 46 heavy (non-hydrogen) atoms. The third-order valence-electron chi connectivity index (χ3n) is 9.43. The fourth-order valence-corrected chi connectivity index (χ4v) is 6.89. The summed E-state index contributed by atoms with van der Waals surface area (Å²) in [6.45, 7) is 14.1. The smallest absolute Gasteiger partial charge is 0.253 e. The molecule has 2 amide bonds. The van der Waals surface area contributed by atoms with Crippen LogP contribution in [0.4, 0.5) is 5.69 Å². The largest absolute Gasteiger partial charge is 0.490 e. The van der Waals surface area contributed by atoms with Crippen molar-refractivity contribution in [1.82, 2.24) is 14.7 Å². The Kier molecular flexibility index (Phi) is 10.7. The van der Waals surface area contributed by atoms with Gasteiger partial charge < -0.3 is 19.1 Å². The van der Waals surface area contributed by atoms with Crippen LogP contribution in [0.1, 0.15) is 49.0 Å². The van der Waals surface area contributed by atoms with Crippen molar-refractivity contribution in [2.45, 2.75) is 33.1 Å². The number of fused-ring (bicyclic) bond motifs is 1. The predicted octanol–water partition coefficient (Wildman–Crippen LogP) is 4.30. The zero-order valence-electron chi connectivity index (χ0n) is 27.2. The van der Waals surface area contributed by atoms with E-state index in [1.165, 1.54) is 5.01 Å². The van der Waals surface area contributed by atoms with Crippen molar-refractivity contribution in [2.75, 3.05) is 83.8 Å². The summed E-state index contributed by atoms with van der Waals surface area (Å²) in [5.74, 6) is 1.17. The van der Waals surface area contributed by atoms with E-state index in [4.69, 9.17) is 19.3 Å². The lowest BCUT2D eigenvalue weighted by Crippen LogP contribution is -2.49. The molecule has 2 atom stereocenters. The first-order valence-electron chi connectivity index (χ1n) is 16.9. The highest BCUT2D eigenvalue weighted by atomic mass is 16.5. The van der Waals surface area contributed by atoms with E-state index < -0.39 is 0 Å². The van der Waals surface area contributed by atoms with E-state index in [0.29, 0.717) is 42.4 Å². The summed E-state index contributed by atoms with van der Waals surface area (Å²) in [7, 11) is 0. The summed E-state index contributed by atoms with van der Waals surface area (Å²) in [4.78, 5) is 34.0. The van der Waals surface area contributed by atoms with E-state index in [-0.39, 0.29) is 23.7 Å². The fraction of sp³-hybridized carbons (Fsp3) is 0.528. The van der Waals surface area contributed by atoms with Crippen LogP contribution in [0.3, 0.4) is 0 Å². The number of piperazine rings is 1. The zero-order chi connectivity index (χ0) is 31.9. The SMILES string of the molecule is CCOc1ccc(C2=NN(c3ccc(C(=O)N4CCN(CCCN5CCOCC5)CC4)cc3)C(=O)[C@@H]3CC=CC[C@H]23)cc1OCC. The molecule has 6 rings (SSSR count). The molecule has 246 valence electrons. The number of anilines is 1. The van der Waals surface area contributed by atoms with Crippen molar-refractivity contribution in [3.8, 4) is 11.5 Å². The van der Waals surface area contributed by atoms with Gasteiger partial charge in [0.25, 0.3) is 11.8 Å². The fourth-order valence-electron chi connectivity index (χ4n) is 6.89. The second kappa shape index (κ2) is 15.2. The monoisotopic (exact) mass is 629 g/mol. The van der Waals surface area contributed by atoms with Crippen LogP contribution >= 0.6 is 0 Å². The molecule has 3 heterocycles. The third-order valence-corrected chi connectivity index (χ3v) is 9.43. The van der Waals surface area contributed by atoms with Gasteiger partial charge in [-0.3, -0.25) is 19.4 Å². The maximum absolute atomic E-state index is 13.8. The maximum atomic E-state index is 13.8. The molecule has 0 spiro atoms. The minimum absolute atomic E-state index is 0.0138. The van der Waals surface area contributed by atoms with Gasteiger partial charge in [0, 0.05) is 56.3 Å². The van der Waals surface area contributed by atoms with E-state index in [2.05, 4.69) is 22.0 Å². The number of allylic oxidation sites excluding steroid dienone is 2. The number of morpholine rings is 1. The first-order valence-corrected chi connectivity index (χ1v) is 16.9. The van der Waals surface area contributed by atoms with Crippen molar-refractivity contribution in [3.63, 3.8) is 0 Å². The maximum Gasteiger partial charge on any atom is 0.253 e. The summed E-state index contributed by atoms with van der Waals surface area (Å²) < 4.78 is 17.1. The Morgan fingerprint density at radius 3 is 2.17 bits per heavy atom. The van der Waals surface area contributed by atoms with Gasteiger partial charge in [0.1, 0.15) is 0 Å². The second-order valence-corrected chi connectivity index (χ2v) is 12.3. The highest BCUT2D eigenvalue weighted by Gasteiger charge is 2.41. The van der Waals surface area contributed by atoms with E-state index in [9.17, 15) is 9.59 Å². The number of carbonyl (C=O) groups is 2. The molecule has 4 aliphatic rings. The van der Waals surface area contributed by atoms with Gasteiger partial charge in [-0.2, -0.15) is 5.10 Å². The lowest BCUT2D eigenvalue weighted by Gasteiger charge is -2.37. The molecule has 2 aromatic carbocycles. The summed E-state index contributed by atoms with van der Waals surface area (Å²) >= 11 is 0. The normalized spacial score (nSPS) is 22.4. The number of benzene rings is 2. The topological polar surface area (TPSA) is 87.2 Å². The Hall–Kier alpha value is -3.73. The molecule has 2 aromatic rings. The second-order valence-electron chi connectivity index (χ2n) is 12.3. The number of hydrogen-bond acceptors (Lipinski definition) is 8. The van der Waals surface area contributed by atoms with Gasteiger partial charge in [-0.15, -0.1) is 0 Å². The Labute approximate surface area is 272 Å². The standard InChI is InChI=1S/C36H47N5O5/c1-3-45-32-15-12-28(26-33(32)46-4-2)34-30-8-5-6-9-31(30)36(43)41(37-34)29-13-10-27(11-14-29)35(42)40-20-18-38(19-21-40)16-7-17-39-22-24-44-25-23-39/h5-6,10-15,26,30-31H,3-4,7-9,16-25H2,1-2H3/t30-,31+/m0/s1. The first-order chi connectivity index (χ1) is 22.6. The van der Waals surface area contributed by atoms with Crippen LogP contribution in [-0.4, -0.2) is 111 Å². The molecule has 0 unspecified atom stereocenters. The summed E-state index contributed by atoms with van der Waals surface area (Å²) in [5.41, 5.74) is 3.07. The van der Waals surface area contributed by atoms with Crippen molar-refractivity contribution >= 4 is 23.2 Å². The van der Waals surface area contributed by atoms with Gasteiger partial charge >= 0.3 is 0 Å². The van der Waals surface area contributed by atoms with Crippen LogP contribution in [0.25, 0.3) is 0 Å². The number of nitrogens with zero attached hydrogens (tertiary/aromatic N) is 5. The van der Waals surface area contributed by atoms with Gasteiger partial charge in [0.15, 0.2) is 11.5 Å². The number of ether oxygens (including phenoxy) is 3. The van der Waals surface area contributed by atoms with Gasteiger partial charge in [0.2, 0.25) is 0 Å². The quantitative estimate of drug-likeness (QED) is 0.343. The minimum atomic E-state index is -0.203. The molecule has 0 N–H and O–H groups in total. The number of carbonyl (C=O) groups excluding carboxylic acids is 2. The highest BCUT2D eigenvalue weighted by molar-refractivity contribution is 6.11. The number of hydrogen-bond donors (Lipinski definition) is 0.